The Kier molecular flexibility index (Phi) is 4.52. The van der Waals surface area contributed by atoms with Crippen LogP contribution in [0.15, 0.2) is 41.0 Å². The van der Waals surface area contributed by atoms with Gasteiger partial charge in [-0.15, -0.1) is 0 Å². The Hall–Kier alpha value is -2.15. The van der Waals surface area contributed by atoms with Crippen molar-refractivity contribution in [2.45, 2.75) is 6.54 Å². The summed E-state index contributed by atoms with van der Waals surface area (Å²) in [5.74, 6) is 0.948. The van der Waals surface area contributed by atoms with Gasteiger partial charge < -0.3 is 10.1 Å². The van der Waals surface area contributed by atoms with Crippen LogP contribution in [0.25, 0.3) is 0 Å². The summed E-state index contributed by atoms with van der Waals surface area (Å²) in [6, 6.07) is 8.88. The second kappa shape index (κ2) is 6.33. The molecule has 7 heteroatoms. The van der Waals surface area contributed by atoms with Gasteiger partial charge in [-0.1, -0.05) is 18.2 Å². The smallest absolute Gasteiger partial charge is 0.312 e. The summed E-state index contributed by atoms with van der Waals surface area (Å²) in [5, 5.41) is 13.9. The van der Waals surface area contributed by atoms with Crippen LogP contribution in [0.4, 0.5) is 11.5 Å². The van der Waals surface area contributed by atoms with Crippen LogP contribution in [0.1, 0.15) is 5.56 Å². The minimum absolute atomic E-state index is 0.0747. The van der Waals surface area contributed by atoms with Gasteiger partial charge >= 0.3 is 5.69 Å². The van der Waals surface area contributed by atoms with Crippen molar-refractivity contribution in [2.24, 2.45) is 0 Å². The zero-order valence-corrected chi connectivity index (χ0v) is 12.3. The van der Waals surface area contributed by atoms with E-state index in [4.69, 9.17) is 4.74 Å². The number of nitro groups is 1. The van der Waals surface area contributed by atoms with Crippen molar-refractivity contribution < 1.29 is 9.66 Å². The van der Waals surface area contributed by atoms with Crippen LogP contribution >= 0.6 is 15.9 Å². The summed E-state index contributed by atoms with van der Waals surface area (Å²) in [5.41, 5.74) is 0.822. The predicted octanol–water partition coefficient (Wildman–Crippen LogP) is 3.37. The molecule has 0 fully saturated rings. The summed E-state index contributed by atoms with van der Waals surface area (Å²) in [7, 11) is 1.58. The average molecular weight is 338 g/mol. The first-order chi connectivity index (χ1) is 9.61. The van der Waals surface area contributed by atoms with Gasteiger partial charge in [-0.2, -0.15) is 0 Å². The fourth-order valence-corrected chi connectivity index (χ4v) is 2.05. The number of nitrogens with zero attached hydrogens (tertiary/aromatic N) is 2. The van der Waals surface area contributed by atoms with Crippen molar-refractivity contribution in [1.82, 2.24) is 4.98 Å². The Bertz CT molecular complexity index is 634. The number of ether oxygens (including phenoxy) is 1. The Morgan fingerprint density at radius 2 is 2.20 bits per heavy atom. The molecule has 104 valence electrons. The number of hydrogen-bond donors (Lipinski definition) is 1. The third-order valence-electron chi connectivity index (χ3n) is 2.67. The first-order valence-electron chi connectivity index (χ1n) is 5.77. The summed E-state index contributed by atoms with van der Waals surface area (Å²) in [6.45, 7) is 0.388. The van der Waals surface area contributed by atoms with E-state index in [1.54, 1.807) is 7.11 Å². The maximum absolute atomic E-state index is 11.0. The standard InChI is InChI=1S/C13H12BrN3O3/c1-20-12-5-3-2-4-9(12)7-15-13-11(17(18)19)6-10(14)8-16-13/h2-6,8H,7H2,1H3,(H,15,16). The van der Waals surface area contributed by atoms with Crippen molar-refractivity contribution in [3.63, 3.8) is 0 Å². The molecule has 0 bridgehead atoms. The van der Waals surface area contributed by atoms with Gasteiger partial charge in [0.2, 0.25) is 5.82 Å². The van der Waals surface area contributed by atoms with Gasteiger partial charge in [-0.3, -0.25) is 10.1 Å². The van der Waals surface area contributed by atoms with E-state index >= 15 is 0 Å². The number of benzene rings is 1. The molecule has 2 aromatic rings. The van der Waals surface area contributed by atoms with Gasteiger partial charge in [0.1, 0.15) is 5.75 Å². The lowest BCUT2D eigenvalue weighted by atomic mass is 10.2. The Morgan fingerprint density at radius 3 is 2.90 bits per heavy atom. The van der Waals surface area contributed by atoms with E-state index in [0.29, 0.717) is 11.0 Å². The summed E-state index contributed by atoms with van der Waals surface area (Å²) < 4.78 is 5.79. The molecule has 2 rings (SSSR count). The lowest BCUT2D eigenvalue weighted by Crippen LogP contribution is -2.05. The molecule has 1 N–H and O–H groups in total. The van der Waals surface area contributed by atoms with E-state index in [0.717, 1.165) is 11.3 Å². The monoisotopic (exact) mass is 337 g/mol. The van der Waals surface area contributed by atoms with Gasteiger partial charge in [-0.05, 0) is 22.0 Å². The molecule has 20 heavy (non-hydrogen) atoms. The number of pyridine rings is 1. The Labute approximate surface area is 124 Å². The zero-order chi connectivity index (χ0) is 14.5. The molecule has 0 aliphatic rings. The second-order valence-electron chi connectivity index (χ2n) is 3.94. The lowest BCUT2D eigenvalue weighted by molar-refractivity contribution is -0.384. The molecule has 0 spiro atoms. The first kappa shape index (κ1) is 14.3. The molecule has 0 saturated carbocycles. The van der Waals surface area contributed by atoms with Gasteiger partial charge in [0.05, 0.1) is 12.0 Å². The summed E-state index contributed by atoms with van der Waals surface area (Å²) in [4.78, 5) is 14.5. The molecule has 0 aliphatic heterocycles. The SMILES string of the molecule is COc1ccccc1CNc1ncc(Br)cc1[N+](=O)[O-]. The van der Waals surface area contributed by atoms with Crippen molar-refractivity contribution >= 4 is 27.4 Å². The number of methoxy groups -OCH3 is 1. The molecule has 0 unspecified atom stereocenters. The van der Waals surface area contributed by atoms with E-state index in [9.17, 15) is 10.1 Å². The molecule has 0 saturated heterocycles. The van der Waals surface area contributed by atoms with Crippen molar-refractivity contribution in [1.29, 1.82) is 0 Å². The Balaban J connectivity index is 2.21. The predicted molar refractivity (Wildman–Crippen MR) is 78.9 cm³/mol. The molecule has 1 aromatic heterocycles. The number of aromatic nitrogens is 1. The van der Waals surface area contributed by atoms with E-state index in [1.807, 2.05) is 24.3 Å². The minimum Gasteiger partial charge on any atom is -0.496 e. The van der Waals surface area contributed by atoms with Gasteiger partial charge in [0.15, 0.2) is 0 Å². The van der Waals surface area contributed by atoms with Crippen molar-refractivity contribution in [3.8, 4) is 5.75 Å². The fourth-order valence-electron chi connectivity index (χ4n) is 1.73. The quantitative estimate of drug-likeness (QED) is 0.668. The largest absolute Gasteiger partial charge is 0.496 e. The summed E-state index contributed by atoms with van der Waals surface area (Å²) in [6.07, 6.45) is 1.51. The Morgan fingerprint density at radius 1 is 1.45 bits per heavy atom. The summed E-state index contributed by atoms with van der Waals surface area (Å²) >= 11 is 3.17. The number of rotatable bonds is 5. The van der Waals surface area contributed by atoms with Gasteiger partial charge in [0.25, 0.3) is 0 Å². The van der Waals surface area contributed by atoms with Crippen LogP contribution < -0.4 is 10.1 Å². The maximum atomic E-state index is 11.0. The van der Waals surface area contributed by atoms with Crippen LogP contribution in [0.2, 0.25) is 0 Å². The lowest BCUT2D eigenvalue weighted by Gasteiger charge is -2.10. The van der Waals surface area contributed by atoms with Crippen LogP contribution in [0.3, 0.4) is 0 Å². The second-order valence-corrected chi connectivity index (χ2v) is 4.86. The average Bonchev–Trinajstić information content (AvgIpc) is 2.46. The zero-order valence-electron chi connectivity index (χ0n) is 10.7. The normalized spacial score (nSPS) is 10.1. The van der Waals surface area contributed by atoms with E-state index < -0.39 is 4.92 Å². The molecular weight excluding hydrogens is 326 g/mol. The topological polar surface area (TPSA) is 77.3 Å². The van der Waals surface area contributed by atoms with Crippen LogP contribution in [0.5, 0.6) is 5.75 Å². The maximum Gasteiger partial charge on any atom is 0.312 e. The molecule has 0 radical (unpaired) electrons. The molecule has 0 amide bonds. The first-order valence-corrected chi connectivity index (χ1v) is 6.57. The molecule has 0 aliphatic carbocycles. The number of halogens is 1. The van der Waals surface area contributed by atoms with Crippen LogP contribution in [-0.2, 0) is 6.54 Å². The number of nitrogens with one attached hydrogen (secondary N) is 1. The highest BCUT2D eigenvalue weighted by Crippen LogP contribution is 2.26. The highest BCUT2D eigenvalue weighted by molar-refractivity contribution is 9.10. The molecule has 6 nitrogen and oxygen atoms in total. The van der Waals surface area contributed by atoms with Crippen LogP contribution in [0, 0.1) is 10.1 Å². The van der Waals surface area contributed by atoms with Gasteiger partial charge in [0, 0.05) is 28.8 Å². The molecular formula is C13H12BrN3O3. The third kappa shape index (κ3) is 3.24. The van der Waals surface area contributed by atoms with Crippen molar-refractivity contribution in [3.05, 3.63) is 56.7 Å². The van der Waals surface area contributed by atoms with Gasteiger partial charge in [-0.25, -0.2) is 4.98 Å². The molecule has 0 atom stereocenters. The van der Waals surface area contributed by atoms with E-state index in [1.165, 1.54) is 12.3 Å². The fraction of sp³-hybridized carbons (Fsp3) is 0.154. The highest BCUT2D eigenvalue weighted by atomic mass is 79.9. The molecule has 1 heterocycles. The number of anilines is 1. The molecule has 1 aromatic carbocycles. The number of hydrogen-bond acceptors (Lipinski definition) is 5. The van der Waals surface area contributed by atoms with E-state index in [2.05, 4.69) is 26.2 Å². The third-order valence-corrected chi connectivity index (χ3v) is 3.10. The highest BCUT2D eigenvalue weighted by Gasteiger charge is 2.16. The minimum atomic E-state index is -0.470. The van der Waals surface area contributed by atoms with Crippen molar-refractivity contribution in [2.75, 3.05) is 12.4 Å². The van der Waals surface area contributed by atoms with Crippen LogP contribution in [-0.4, -0.2) is 17.0 Å². The van der Waals surface area contributed by atoms with E-state index in [-0.39, 0.29) is 11.5 Å². The number of para-hydroxylation sites is 1.